The third-order valence-corrected chi connectivity index (χ3v) is 6.60. The van der Waals surface area contributed by atoms with Gasteiger partial charge in [-0.25, -0.2) is 8.42 Å². The lowest BCUT2D eigenvalue weighted by atomic mass is 9.94. The molecule has 1 aliphatic rings. The highest BCUT2D eigenvalue weighted by molar-refractivity contribution is 7.92. The Hall–Kier alpha value is -2.60. The highest BCUT2D eigenvalue weighted by atomic mass is 32.2. The van der Waals surface area contributed by atoms with E-state index in [1.165, 1.54) is 0 Å². The molecule has 0 aliphatic heterocycles. The number of fused-ring (bicyclic) bond motifs is 3. The number of anilines is 1. The van der Waals surface area contributed by atoms with Crippen LogP contribution in [0.1, 0.15) is 46.9 Å². The van der Waals surface area contributed by atoms with Crippen molar-refractivity contribution in [2.75, 3.05) is 4.72 Å². The molecule has 1 heterocycles. The molecule has 4 rings (SSSR count). The van der Waals surface area contributed by atoms with E-state index in [0.717, 1.165) is 35.0 Å². The molecule has 0 bridgehead atoms. The number of rotatable bonds is 4. The zero-order valence-electron chi connectivity index (χ0n) is 15.4. The number of carbonyl (C=O) groups excluding carboxylic acids is 1. The molecule has 2 aromatic carbocycles. The van der Waals surface area contributed by atoms with E-state index in [1.807, 2.05) is 32.0 Å². The molecular weight excluding hydrogens is 360 g/mol. The van der Waals surface area contributed by atoms with E-state index >= 15 is 0 Å². The summed E-state index contributed by atoms with van der Waals surface area (Å²) in [6, 6.07) is 10.8. The van der Waals surface area contributed by atoms with Gasteiger partial charge in [-0.1, -0.05) is 24.6 Å². The molecule has 27 heavy (non-hydrogen) atoms. The molecule has 6 heteroatoms. The fraction of sp³-hybridized carbons (Fsp3) is 0.286. The van der Waals surface area contributed by atoms with E-state index in [0.29, 0.717) is 29.6 Å². The number of nitrogens with one attached hydrogen (secondary N) is 2. The average molecular weight is 382 g/mol. The maximum Gasteiger partial charge on any atom is 0.262 e. The van der Waals surface area contributed by atoms with Crippen LogP contribution < -0.4 is 4.72 Å². The molecule has 0 saturated heterocycles. The number of hydrogen-bond donors (Lipinski definition) is 2. The lowest BCUT2D eigenvalue weighted by molar-refractivity contribution is 0.0974. The van der Waals surface area contributed by atoms with Gasteiger partial charge in [0.1, 0.15) is 0 Å². The van der Waals surface area contributed by atoms with Gasteiger partial charge < -0.3 is 4.98 Å². The van der Waals surface area contributed by atoms with E-state index in [1.54, 1.807) is 18.2 Å². The molecule has 0 spiro atoms. The number of sulfonamides is 1. The minimum absolute atomic E-state index is 0.137. The van der Waals surface area contributed by atoms with Crippen LogP contribution in [0.3, 0.4) is 0 Å². The van der Waals surface area contributed by atoms with Crippen LogP contribution in [0, 0.1) is 6.92 Å². The monoisotopic (exact) mass is 382 g/mol. The Morgan fingerprint density at radius 1 is 1.11 bits per heavy atom. The molecule has 0 radical (unpaired) electrons. The Bertz CT molecular complexity index is 1140. The lowest BCUT2D eigenvalue weighted by Gasteiger charge is -2.13. The van der Waals surface area contributed by atoms with Gasteiger partial charge in [0.25, 0.3) is 10.0 Å². The molecule has 0 amide bonds. The van der Waals surface area contributed by atoms with Gasteiger partial charge in [-0.3, -0.25) is 9.52 Å². The third kappa shape index (κ3) is 3.14. The summed E-state index contributed by atoms with van der Waals surface area (Å²) < 4.78 is 28.7. The summed E-state index contributed by atoms with van der Waals surface area (Å²) in [7, 11) is -3.73. The van der Waals surface area contributed by atoms with Gasteiger partial charge in [0.2, 0.25) is 0 Å². The normalized spacial score (nSPS) is 14.4. The molecule has 5 nitrogen and oxygen atoms in total. The van der Waals surface area contributed by atoms with Crippen molar-refractivity contribution in [3.63, 3.8) is 0 Å². The first kappa shape index (κ1) is 17.8. The molecule has 0 atom stereocenters. The number of H-pyrrole nitrogens is 1. The van der Waals surface area contributed by atoms with E-state index in [9.17, 15) is 13.2 Å². The van der Waals surface area contributed by atoms with E-state index in [4.69, 9.17) is 0 Å². The van der Waals surface area contributed by atoms with Crippen molar-refractivity contribution >= 4 is 32.4 Å². The van der Waals surface area contributed by atoms with Crippen LogP contribution >= 0.6 is 0 Å². The second-order valence-corrected chi connectivity index (χ2v) is 8.74. The number of Topliss-reactive ketones (excluding diaryl/α,β-unsaturated/α-hetero) is 1. The maximum absolute atomic E-state index is 13.0. The molecule has 0 saturated carbocycles. The average Bonchev–Trinajstić information content (AvgIpc) is 3.01. The van der Waals surface area contributed by atoms with Gasteiger partial charge in [0.05, 0.1) is 4.90 Å². The Kier molecular flexibility index (Phi) is 4.30. The van der Waals surface area contributed by atoms with Crippen LogP contribution in [0.15, 0.2) is 41.3 Å². The molecule has 2 N–H and O–H groups in total. The smallest absolute Gasteiger partial charge is 0.262 e. The molecule has 1 aliphatic carbocycles. The second-order valence-electron chi connectivity index (χ2n) is 7.09. The largest absolute Gasteiger partial charge is 0.358 e. The number of aromatic nitrogens is 1. The van der Waals surface area contributed by atoms with Crippen molar-refractivity contribution in [2.24, 2.45) is 0 Å². The van der Waals surface area contributed by atoms with Crippen LogP contribution in [-0.4, -0.2) is 19.2 Å². The Balaban J connectivity index is 1.83. The first-order valence-corrected chi connectivity index (χ1v) is 10.7. The second kappa shape index (κ2) is 6.53. The van der Waals surface area contributed by atoms with E-state index in [2.05, 4.69) is 9.71 Å². The van der Waals surface area contributed by atoms with Crippen LogP contribution in [-0.2, 0) is 22.9 Å². The van der Waals surface area contributed by atoms with Gasteiger partial charge in [-0.05, 0) is 56.0 Å². The Morgan fingerprint density at radius 3 is 2.56 bits per heavy atom. The Labute approximate surface area is 158 Å². The summed E-state index contributed by atoms with van der Waals surface area (Å²) >= 11 is 0. The highest BCUT2D eigenvalue weighted by Gasteiger charge is 2.25. The molecule has 0 fully saturated rings. The predicted molar refractivity (Wildman–Crippen MR) is 107 cm³/mol. The number of carbonyl (C=O) groups is 1. The summed E-state index contributed by atoms with van der Waals surface area (Å²) in [6.45, 7) is 3.88. The van der Waals surface area contributed by atoms with Crippen molar-refractivity contribution in [3.8, 4) is 0 Å². The fourth-order valence-corrected chi connectivity index (χ4v) is 5.12. The van der Waals surface area contributed by atoms with Crippen molar-refractivity contribution in [2.45, 2.75) is 44.4 Å². The van der Waals surface area contributed by atoms with Crippen LogP contribution in [0.5, 0.6) is 0 Å². The van der Waals surface area contributed by atoms with Crippen molar-refractivity contribution in [1.82, 2.24) is 4.98 Å². The van der Waals surface area contributed by atoms with Gasteiger partial charge in [-0.2, -0.15) is 0 Å². The van der Waals surface area contributed by atoms with Crippen molar-refractivity contribution in [1.29, 1.82) is 0 Å². The number of ketones is 1. The summed E-state index contributed by atoms with van der Waals surface area (Å²) in [5.74, 6) is 0.137. The quantitative estimate of drug-likeness (QED) is 0.704. The number of hydrogen-bond acceptors (Lipinski definition) is 3. The topological polar surface area (TPSA) is 79.0 Å². The maximum atomic E-state index is 13.0. The SMILES string of the molecule is CCc1cc2c3c([nH]c2cc1S(=O)(=O)Nc1ccc(C)cc1)CCCC3=O. The minimum atomic E-state index is -3.73. The molecule has 140 valence electrons. The number of aromatic amines is 1. The molecule has 1 aromatic heterocycles. The van der Waals surface area contributed by atoms with Gasteiger partial charge in [-0.15, -0.1) is 0 Å². The molecular formula is C21H22N2O3S. The number of aryl methyl sites for hydroxylation is 3. The first-order chi connectivity index (χ1) is 12.9. The highest BCUT2D eigenvalue weighted by Crippen LogP contribution is 2.33. The number of benzene rings is 2. The lowest BCUT2D eigenvalue weighted by Crippen LogP contribution is -2.15. The standard InChI is InChI=1S/C21H22N2O3S/c1-3-14-11-16-18(22-17-5-4-6-19(24)21(16)17)12-20(14)27(25,26)23-15-9-7-13(2)8-10-15/h7-12,22-23H,3-6H2,1-2H3. The molecule has 0 unspecified atom stereocenters. The van der Waals surface area contributed by atoms with E-state index in [-0.39, 0.29) is 10.7 Å². The van der Waals surface area contributed by atoms with Crippen LogP contribution in [0.4, 0.5) is 5.69 Å². The minimum Gasteiger partial charge on any atom is -0.358 e. The fourth-order valence-electron chi connectivity index (χ4n) is 3.74. The van der Waals surface area contributed by atoms with Gasteiger partial charge in [0, 0.05) is 34.3 Å². The van der Waals surface area contributed by atoms with Crippen LogP contribution in [0.25, 0.3) is 10.9 Å². The predicted octanol–water partition coefficient (Wildman–Crippen LogP) is 4.36. The van der Waals surface area contributed by atoms with Gasteiger partial charge in [0.15, 0.2) is 5.78 Å². The Morgan fingerprint density at radius 2 is 1.85 bits per heavy atom. The zero-order chi connectivity index (χ0) is 19.2. The molecule has 3 aromatic rings. The summed E-state index contributed by atoms with van der Waals surface area (Å²) in [5, 5.41) is 0.834. The van der Waals surface area contributed by atoms with Crippen LogP contribution in [0.2, 0.25) is 0 Å². The summed E-state index contributed by atoms with van der Waals surface area (Å²) in [4.78, 5) is 15.9. The van der Waals surface area contributed by atoms with Crippen molar-refractivity contribution < 1.29 is 13.2 Å². The van der Waals surface area contributed by atoms with Crippen molar-refractivity contribution in [3.05, 3.63) is 58.8 Å². The zero-order valence-corrected chi connectivity index (χ0v) is 16.2. The summed E-state index contributed by atoms with van der Waals surface area (Å²) in [5.41, 5.74) is 4.67. The first-order valence-electron chi connectivity index (χ1n) is 9.19. The van der Waals surface area contributed by atoms with Gasteiger partial charge >= 0.3 is 0 Å². The van der Waals surface area contributed by atoms with E-state index < -0.39 is 10.0 Å². The summed E-state index contributed by atoms with van der Waals surface area (Å²) in [6.07, 6.45) is 2.77. The third-order valence-electron chi connectivity index (χ3n) is 5.14.